The van der Waals surface area contributed by atoms with E-state index in [0.717, 1.165) is 50.3 Å². The lowest BCUT2D eigenvalue weighted by atomic mass is 9.72. The Labute approximate surface area is 183 Å². The van der Waals surface area contributed by atoms with Crippen LogP contribution in [0.5, 0.6) is 5.75 Å². The second-order valence-corrected chi connectivity index (χ2v) is 8.73. The predicted molar refractivity (Wildman–Crippen MR) is 118 cm³/mol. The Morgan fingerprint density at radius 3 is 2.47 bits per heavy atom. The first-order valence-electron chi connectivity index (χ1n) is 9.94. The number of nitrogens with one attached hydrogen (secondary N) is 1. The Kier molecular flexibility index (Phi) is 4.74. The summed E-state index contributed by atoms with van der Waals surface area (Å²) < 4.78 is 11.9. The maximum absolute atomic E-state index is 13.4. The van der Waals surface area contributed by atoms with Crippen molar-refractivity contribution in [3.8, 4) is 5.75 Å². The Morgan fingerprint density at radius 1 is 1.07 bits per heavy atom. The molecule has 2 aromatic carbocycles. The molecule has 0 amide bonds. The molecular weight excluding hydrogens is 444 g/mol. The fraction of sp³-hybridized carbons (Fsp3) is 0.250. The van der Waals surface area contributed by atoms with Crippen LogP contribution in [0.25, 0.3) is 0 Å². The molecule has 2 atom stereocenters. The zero-order valence-corrected chi connectivity index (χ0v) is 18.3. The minimum Gasteiger partial charge on any atom is -0.497 e. The molecule has 0 fully saturated rings. The Morgan fingerprint density at radius 2 is 1.77 bits per heavy atom. The zero-order valence-electron chi connectivity index (χ0n) is 16.7. The summed E-state index contributed by atoms with van der Waals surface area (Å²) in [6.07, 6.45) is 1.24. The number of fused-ring (bicyclic) bond motifs is 1. The van der Waals surface area contributed by atoms with E-state index in [1.165, 1.54) is 0 Å². The van der Waals surface area contributed by atoms with Crippen LogP contribution < -0.4 is 10.1 Å². The van der Waals surface area contributed by atoms with Gasteiger partial charge >= 0.3 is 0 Å². The van der Waals surface area contributed by atoms with Crippen molar-refractivity contribution in [2.45, 2.75) is 31.6 Å². The molecule has 1 aliphatic carbocycles. The molecule has 0 bridgehead atoms. The van der Waals surface area contributed by atoms with E-state index in [2.05, 4.69) is 38.5 Å². The smallest absolute Gasteiger partial charge is 0.233 e. The Balaban J connectivity index is 1.58. The summed E-state index contributed by atoms with van der Waals surface area (Å²) in [5.74, 6) is 1.57. The number of carbonyl (C=O) groups excluding carboxylic acids is 1. The van der Waals surface area contributed by atoms with Gasteiger partial charge in [-0.15, -0.1) is 0 Å². The van der Waals surface area contributed by atoms with Crippen molar-refractivity contribution in [2.75, 3.05) is 12.4 Å². The quantitative estimate of drug-likeness (QED) is 0.537. The molecule has 0 saturated heterocycles. The van der Waals surface area contributed by atoms with Gasteiger partial charge < -0.3 is 14.6 Å². The van der Waals surface area contributed by atoms with Crippen LogP contribution in [0.4, 0.5) is 5.88 Å². The molecule has 3 aromatic rings. The lowest BCUT2D eigenvalue weighted by molar-refractivity contribution is -0.116. The fourth-order valence-electron chi connectivity index (χ4n) is 4.57. The molecular formula is C24H21BrN2O3. The maximum Gasteiger partial charge on any atom is 0.233 e. The number of Topliss-reactive ketones (excluding diaryl/α,β-unsaturated/α-hetero) is 1. The van der Waals surface area contributed by atoms with E-state index in [1.54, 1.807) is 7.11 Å². The van der Waals surface area contributed by atoms with Gasteiger partial charge in [0.15, 0.2) is 5.78 Å². The summed E-state index contributed by atoms with van der Waals surface area (Å²) in [7, 11) is 1.65. The number of carbonyl (C=O) groups is 1. The molecule has 30 heavy (non-hydrogen) atoms. The highest BCUT2D eigenvalue weighted by atomic mass is 79.9. The van der Waals surface area contributed by atoms with E-state index >= 15 is 0 Å². The van der Waals surface area contributed by atoms with E-state index in [1.807, 2.05) is 43.3 Å². The van der Waals surface area contributed by atoms with Gasteiger partial charge in [0, 0.05) is 28.1 Å². The summed E-state index contributed by atoms with van der Waals surface area (Å²) in [6.45, 7) is 1.93. The number of methoxy groups -OCH3 is 1. The number of ether oxygens (including phenoxy) is 1. The topological polar surface area (TPSA) is 64.4 Å². The van der Waals surface area contributed by atoms with Gasteiger partial charge in [-0.1, -0.05) is 45.4 Å². The third-order valence-corrected chi connectivity index (χ3v) is 6.58. The van der Waals surface area contributed by atoms with Gasteiger partial charge in [-0.25, -0.2) is 0 Å². The third kappa shape index (κ3) is 3.16. The third-order valence-electron chi connectivity index (χ3n) is 6.05. The monoisotopic (exact) mass is 464 g/mol. The number of aromatic nitrogens is 1. The van der Waals surface area contributed by atoms with Gasteiger partial charge in [0.05, 0.1) is 18.4 Å². The standard InChI is InChI=1S/C24H21BrN2O3/c1-13-21-22(15-3-7-17(25)8-4-15)23-19(26-24(21)30-27-13)11-16(12-20(23)28)14-5-9-18(29-2)10-6-14/h3-10,16,22,26H,11-12H2,1-2H3/t16-,22+/m1/s1. The number of hydrogen-bond donors (Lipinski definition) is 1. The number of ketones is 1. The number of allylic oxidation sites excluding steroid dienone is 2. The molecule has 1 N–H and O–H groups in total. The second-order valence-electron chi connectivity index (χ2n) is 7.81. The molecule has 1 aromatic heterocycles. The molecule has 0 spiro atoms. The molecule has 2 aliphatic rings. The van der Waals surface area contributed by atoms with Crippen LogP contribution >= 0.6 is 15.9 Å². The molecule has 0 saturated carbocycles. The maximum atomic E-state index is 13.4. The van der Waals surface area contributed by atoms with Crippen LogP contribution in [0, 0.1) is 6.92 Å². The number of benzene rings is 2. The highest BCUT2D eigenvalue weighted by molar-refractivity contribution is 9.10. The largest absolute Gasteiger partial charge is 0.497 e. The number of aryl methyl sites for hydroxylation is 1. The van der Waals surface area contributed by atoms with Gasteiger partial charge in [-0.2, -0.15) is 0 Å². The van der Waals surface area contributed by atoms with E-state index in [9.17, 15) is 4.79 Å². The van der Waals surface area contributed by atoms with E-state index in [0.29, 0.717) is 12.3 Å². The predicted octanol–water partition coefficient (Wildman–Crippen LogP) is 5.71. The summed E-state index contributed by atoms with van der Waals surface area (Å²) in [5.41, 5.74) is 5.73. The summed E-state index contributed by atoms with van der Waals surface area (Å²) in [5, 5.41) is 7.55. The Bertz CT molecular complexity index is 1150. The summed E-state index contributed by atoms with van der Waals surface area (Å²) >= 11 is 3.50. The van der Waals surface area contributed by atoms with Crippen LogP contribution in [0.15, 0.2) is 68.8 Å². The molecule has 0 radical (unpaired) electrons. The zero-order chi connectivity index (χ0) is 20.8. The highest BCUT2D eigenvalue weighted by Gasteiger charge is 2.41. The van der Waals surface area contributed by atoms with Crippen LogP contribution in [-0.2, 0) is 4.79 Å². The van der Waals surface area contributed by atoms with Crippen molar-refractivity contribution >= 4 is 27.6 Å². The van der Waals surface area contributed by atoms with Crippen molar-refractivity contribution in [1.82, 2.24) is 5.16 Å². The number of rotatable bonds is 3. The van der Waals surface area contributed by atoms with Gasteiger partial charge in [0.2, 0.25) is 5.88 Å². The lowest BCUT2D eigenvalue weighted by Gasteiger charge is -2.34. The number of hydrogen-bond acceptors (Lipinski definition) is 5. The number of anilines is 1. The molecule has 1 aliphatic heterocycles. The first-order valence-corrected chi connectivity index (χ1v) is 10.7. The minimum atomic E-state index is -0.167. The van der Waals surface area contributed by atoms with Crippen molar-refractivity contribution in [1.29, 1.82) is 0 Å². The first-order chi connectivity index (χ1) is 14.5. The van der Waals surface area contributed by atoms with Crippen molar-refractivity contribution in [2.24, 2.45) is 0 Å². The van der Waals surface area contributed by atoms with E-state index in [-0.39, 0.29) is 17.6 Å². The molecule has 0 unspecified atom stereocenters. The molecule has 6 heteroatoms. The van der Waals surface area contributed by atoms with Gasteiger partial charge in [0.25, 0.3) is 0 Å². The molecule has 5 rings (SSSR count). The average molecular weight is 465 g/mol. The van der Waals surface area contributed by atoms with Crippen molar-refractivity contribution < 1.29 is 14.1 Å². The van der Waals surface area contributed by atoms with Crippen molar-refractivity contribution in [3.63, 3.8) is 0 Å². The first kappa shape index (κ1) is 19.1. The minimum absolute atomic E-state index is 0.116. The van der Waals surface area contributed by atoms with Gasteiger partial charge in [-0.05, 0) is 54.7 Å². The van der Waals surface area contributed by atoms with Crippen LogP contribution in [0.1, 0.15) is 47.1 Å². The van der Waals surface area contributed by atoms with E-state index < -0.39 is 0 Å². The molecule has 152 valence electrons. The fourth-order valence-corrected chi connectivity index (χ4v) is 4.84. The van der Waals surface area contributed by atoms with Gasteiger partial charge in [-0.3, -0.25) is 4.79 Å². The summed E-state index contributed by atoms with van der Waals surface area (Å²) in [4.78, 5) is 13.4. The lowest BCUT2D eigenvalue weighted by Crippen LogP contribution is -2.29. The van der Waals surface area contributed by atoms with Crippen LogP contribution in [-0.4, -0.2) is 18.0 Å². The molecule has 5 nitrogen and oxygen atoms in total. The van der Waals surface area contributed by atoms with Crippen LogP contribution in [0.3, 0.4) is 0 Å². The second kappa shape index (κ2) is 7.43. The van der Waals surface area contributed by atoms with Gasteiger partial charge in [0.1, 0.15) is 5.75 Å². The summed E-state index contributed by atoms with van der Waals surface area (Å²) in [6, 6.07) is 16.1. The SMILES string of the molecule is COc1ccc([C@H]2CC(=O)C3=C(C2)Nc2onc(C)c2[C@@H]3c2ccc(Br)cc2)cc1. The highest BCUT2D eigenvalue weighted by Crippen LogP contribution is 2.49. The molecule has 2 heterocycles. The van der Waals surface area contributed by atoms with E-state index in [4.69, 9.17) is 9.26 Å². The normalized spacial score (nSPS) is 20.4. The number of halogens is 1. The average Bonchev–Trinajstić information content (AvgIpc) is 3.13. The number of nitrogens with zero attached hydrogens (tertiary/aromatic N) is 1. The van der Waals surface area contributed by atoms with Crippen molar-refractivity contribution in [3.05, 3.63) is 86.7 Å². The van der Waals surface area contributed by atoms with Crippen LogP contribution in [0.2, 0.25) is 0 Å². The Hall–Kier alpha value is -2.86.